The molecule has 138 valence electrons. The van der Waals surface area contributed by atoms with Crippen molar-refractivity contribution in [1.82, 2.24) is 0 Å². The first-order valence-electron chi connectivity index (χ1n) is 7.59. The van der Waals surface area contributed by atoms with Gasteiger partial charge in [0.25, 0.3) is 0 Å². The fourth-order valence-electron chi connectivity index (χ4n) is 1.93. The minimum absolute atomic E-state index is 0. The molecule has 0 spiro atoms. The van der Waals surface area contributed by atoms with Crippen LogP contribution in [0, 0.1) is 20.0 Å². The van der Waals surface area contributed by atoms with E-state index in [1.807, 2.05) is 0 Å². The van der Waals surface area contributed by atoms with Gasteiger partial charge in [-0.1, -0.05) is 0 Å². The molecule has 0 aliphatic rings. The third-order valence-electron chi connectivity index (χ3n) is 3.53. The molecular formula is C18H30CrO3Sn3. The average molecular weight is 703 g/mol. The molecule has 0 aliphatic carbocycles. The summed E-state index contributed by atoms with van der Waals surface area (Å²) in [6.45, 7) is 13.5. The average Bonchev–Trinajstić information content (AvgIpc) is 2.50. The molecule has 0 bridgehead atoms. The molecule has 1 rings (SSSR count). The minimum Gasteiger partial charge on any atom is 0 e. The molecule has 0 aliphatic heterocycles. The topological polar surface area (TPSA) is 59.7 Å². The summed E-state index contributed by atoms with van der Waals surface area (Å²) in [4.78, 5) is 22.9. The Balaban J connectivity index is -0.000000284. The van der Waals surface area contributed by atoms with Crippen molar-refractivity contribution in [3.63, 3.8) is 0 Å². The largest absolute Gasteiger partial charge is 0 e. The van der Waals surface area contributed by atoms with Gasteiger partial charge in [0.2, 0.25) is 0 Å². The second-order valence-electron chi connectivity index (χ2n) is 8.55. The molecule has 0 unspecified atom stereocenters. The van der Waals surface area contributed by atoms with Crippen LogP contribution < -0.4 is 10.7 Å². The van der Waals surface area contributed by atoms with E-state index in [0.717, 1.165) is 0 Å². The van der Waals surface area contributed by atoms with Crippen molar-refractivity contribution in [3.05, 3.63) is 38.2 Å². The Hall–Kier alpha value is 1.37. The molecule has 1 aromatic rings. The first-order chi connectivity index (χ1) is 10.8. The molecular weight excluding hydrogens is 672 g/mol. The van der Waals surface area contributed by atoms with Crippen LogP contribution in [0.3, 0.4) is 0 Å². The van der Waals surface area contributed by atoms with Gasteiger partial charge in [0.1, 0.15) is 0 Å². The zero-order valence-corrected chi connectivity index (χ0v) is 26.7. The van der Waals surface area contributed by atoms with Crippen molar-refractivity contribution in [3.8, 4) is 0 Å². The van der Waals surface area contributed by atoms with Gasteiger partial charge in [0, 0.05) is 17.4 Å². The number of rotatable bonds is 3. The molecule has 0 aromatic heterocycles. The Kier molecular flexibility index (Phi) is 20.8. The van der Waals surface area contributed by atoms with Gasteiger partial charge in [-0.15, -0.1) is 0 Å². The SMILES string of the molecule is [C-]#[O+].[C-]#[O+].[C-]#[O+].[CH3][Sn]([CH3])([CH3])[c]1c[c]([Sn]([CH3])([CH3])[CH3])c[c]([Sn]([CH3])([CH3])[CH3])c1.[Cr]. The monoisotopic (exact) mass is 706 g/mol. The first kappa shape index (κ1) is 33.9. The van der Waals surface area contributed by atoms with E-state index in [2.05, 4.69) is 82.6 Å². The number of hydrogen-bond acceptors (Lipinski definition) is 0. The molecule has 7 heteroatoms. The molecule has 0 fully saturated rings. The molecule has 0 atom stereocenters. The van der Waals surface area contributed by atoms with Gasteiger partial charge in [-0.3, -0.25) is 0 Å². The van der Waals surface area contributed by atoms with E-state index in [-0.39, 0.29) is 17.4 Å². The number of benzene rings is 1. The molecule has 0 saturated carbocycles. The predicted octanol–water partition coefficient (Wildman–Crippen LogP) is 3.21. The summed E-state index contributed by atoms with van der Waals surface area (Å²) in [6.07, 6.45) is 0. The van der Waals surface area contributed by atoms with E-state index in [0.29, 0.717) is 0 Å². The van der Waals surface area contributed by atoms with E-state index in [9.17, 15) is 0 Å². The van der Waals surface area contributed by atoms with Gasteiger partial charge >= 0.3 is 162 Å². The van der Waals surface area contributed by atoms with Crippen LogP contribution in [0.15, 0.2) is 18.2 Å². The third kappa shape index (κ3) is 14.1. The summed E-state index contributed by atoms with van der Waals surface area (Å²) in [7, 11) is 0. The Labute approximate surface area is 177 Å². The Morgan fingerprint density at radius 3 is 0.680 bits per heavy atom. The van der Waals surface area contributed by atoms with Gasteiger partial charge in [-0.05, 0) is 0 Å². The molecule has 25 heavy (non-hydrogen) atoms. The van der Waals surface area contributed by atoms with Gasteiger partial charge in [0.05, 0.1) is 0 Å². The van der Waals surface area contributed by atoms with Crippen LogP contribution in [0.2, 0.25) is 44.5 Å². The van der Waals surface area contributed by atoms with Crippen LogP contribution in [0.5, 0.6) is 0 Å². The molecule has 1 aromatic carbocycles. The van der Waals surface area contributed by atoms with Crippen LogP contribution in [-0.4, -0.2) is 55.1 Å². The number of hydrogen-bond donors (Lipinski definition) is 0. The van der Waals surface area contributed by atoms with Crippen molar-refractivity contribution in [2.24, 2.45) is 0 Å². The second kappa shape index (κ2) is 15.3. The van der Waals surface area contributed by atoms with Crippen molar-refractivity contribution in [2.45, 2.75) is 44.5 Å². The Morgan fingerprint density at radius 1 is 0.480 bits per heavy atom. The van der Waals surface area contributed by atoms with Crippen molar-refractivity contribution >= 4 is 65.9 Å². The second-order valence-corrected chi connectivity index (χ2v) is 52.0. The minimum atomic E-state index is -1.94. The summed E-state index contributed by atoms with van der Waals surface area (Å²) < 4.78 is 27.8. The van der Waals surface area contributed by atoms with Crippen LogP contribution >= 0.6 is 0 Å². The molecule has 0 amide bonds. The van der Waals surface area contributed by atoms with E-state index < -0.39 is 55.1 Å². The van der Waals surface area contributed by atoms with Crippen molar-refractivity contribution in [1.29, 1.82) is 0 Å². The zero-order valence-electron chi connectivity index (χ0n) is 16.9. The summed E-state index contributed by atoms with van der Waals surface area (Å²) in [5.41, 5.74) is 0. The van der Waals surface area contributed by atoms with Gasteiger partial charge in [-0.2, -0.15) is 0 Å². The Bertz CT molecular complexity index is 467. The molecule has 0 N–H and O–H groups in total. The third-order valence-corrected chi connectivity index (χ3v) is 20.8. The van der Waals surface area contributed by atoms with Crippen molar-refractivity contribution < 1.29 is 31.3 Å². The summed E-state index contributed by atoms with van der Waals surface area (Å²) in [5.74, 6) is 0. The van der Waals surface area contributed by atoms with Crippen LogP contribution in [0.1, 0.15) is 0 Å². The van der Waals surface area contributed by atoms with Crippen LogP contribution in [0.4, 0.5) is 0 Å². The predicted molar refractivity (Wildman–Crippen MR) is 107 cm³/mol. The van der Waals surface area contributed by atoms with E-state index in [4.69, 9.17) is 14.0 Å². The van der Waals surface area contributed by atoms with Crippen molar-refractivity contribution in [2.75, 3.05) is 0 Å². The maximum atomic E-state index is 7.50. The van der Waals surface area contributed by atoms with E-state index in [1.54, 1.807) is 10.7 Å². The Morgan fingerprint density at radius 2 is 0.600 bits per heavy atom. The maximum absolute atomic E-state index is 7.50. The van der Waals surface area contributed by atoms with E-state index in [1.165, 1.54) is 0 Å². The molecule has 0 heterocycles. The van der Waals surface area contributed by atoms with Crippen LogP contribution in [-0.2, 0) is 31.3 Å². The fraction of sp³-hybridized carbons (Fsp3) is 0.500. The standard InChI is InChI=1S/C6H3.3CO.9CH3.Cr.3Sn/c1-2-4-6-5-3-1;3*1-2;;;;;;;;;;;;;/h1,4-5H;;;;9*1H3;;;;. The van der Waals surface area contributed by atoms with Gasteiger partial charge < -0.3 is 0 Å². The summed E-state index contributed by atoms with van der Waals surface area (Å²) in [5, 5.41) is 0. The summed E-state index contributed by atoms with van der Waals surface area (Å²) in [6, 6.07) is 7.81. The zero-order chi connectivity index (χ0) is 20.4. The molecule has 3 nitrogen and oxygen atoms in total. The smallest absolute Gasteiger partial charge is 0 e. The first-order valence-corrected chi connectivity index (χ1v) is 37.6. The van der Waals surface area contributed by atoms with E-state index >= 15 is 0 Å². The quantitative estimate of drug-likeness (QED) is 0.264. The van der Waals surface area contributed by atoms with Gasteiger partial charge in [0.15, 0.2) is 0 Å². The molecule has 0 saturated heterocycles. The van der Waals surface area contributed by atoms with Gasteiger partial charge in [-0.25, -0.2) is 0 Å². The van der Waals surface area contributed by atoms with Crippen LogP contribution in [0.25, 0.3) is 0 Å². The fourth-order valence-corrected chi connectivity index (χ4v) is 15.5. The molecule has 0 radical (unpaired) electrons. The summed E-state index contributed by atoms with van der Waals surface area (Å²) >= 11 is -5.81. The maximum Gasteiger partial charge on any atom is 0 e. The normalized spacial score (nSPS) is 10.2.